The van der Waals surface area contributed by atoms with Gasteiger partial charge < -0.3 is 14.6 Å². The molecule has 29 heavy (non-hydrogen) atoms. The molecule has 2 aromatic carbocycles. The number of anilines is 1. The van der Waals surface area contributed by atoms with Gasteiger partial charge in [0, 0.05) is 22.8 Å². The number of nitrogens with zero attached hydrogens (tertiary/aromatic N) is 2. The molecule has 0 fully saturated rings. The van der Waals surface area contributed by atoms with E-state index in [1.54, 1.807) is 14.0 Å². The van der Waals surface area contributed by atoms with Crippen LogP contribution in [0.15, 0.2) is 57.4 Å². The summed E-state index contributed by atoms with van der Waals surface area (Å²) < 4.78 is 6.64. The van der Waals surface area contributed by atoms with Gasteiger partial charge in [0.2, 0.25) is 17.7 Å². The van der Waals surface area contributed by atoms with Gasteiger partial charge in [-0.2, -0.15) is 0 Å². The molecule has 0 radical (unpaired) electrons. The van der Waals surface area contributed by atoms with Crippen LogP contribution in [-0.4, -0.2) is 35.3 Å². The van der Waals surface area contributed by atoms with Crippen LogP contribution < -0.4 is 5.32 Å². The van der Waals surface area contributed by atoms with Crippen molar-refractivity contribution in [2.45, 2.75) is 20.3 Å². The predicted octanol–water partition coefficient (Wildman–Crippen LogP) is 4.36. The number of nitrogens with one attached hydrogen (secondary N) is 1. The standard InChI is InChI=1S/C22H22BrN3O3/c1-14-11-17(23)9-10-18(14)24-20(27)13-26(3)21(28)12-19-15(2)29-22(25-19)16-7-5-4-6-8-16/h4-11H,12-13H2,1-3H3,(H,24,27). The van der Waals surface area contributed by atoms with E-state index in [9.17, 15) is 9.59 Å². The van der Waals surface area contributed by atoms with Crippen molar-refractivity contribution in [3.05, 3.63) is 70.0 Å². The minimum Gasteiger partial charge on any atom is -0.441 e. The number of halogens is 1. The summed E-state index contributed by atoms with van der Waals surface area (Å²) in [6.45, 7) is 3.65. The van der Waals surface area contributed by atoms with Crippen LogP contribution in [0.4, 0.5) is 5.69 Å². The number of carbonyl (C=O) groups excluding carboxylic acids is 2. The zero-order valence-corrected chi connectivity index (χ0v) is 18.1. The van der Waals surface area contributed by atoms with Crippen molar-refractivity contribution >= 4 is 33.4 Å². The molecule has 0 atom stereocenters. The molecule has 0 aliphatic rings. The molecule has 6 nitrogen and oxygen atoms in total. The summed E-state index contributed by atoms with van der Waals surface area (Å²) in [6.07, 6.45) is 0.0727. The summed E-state index contributed by atoms with van der Waals surface area (Å²) >= 11 is 3.40. The molecule has 0 saturated carbocycles. The molecule has 3 aromatic rings. The van der Waals surface area contributed by atoms with Crippen LogP contribution in [0, 0.1) is 13.8 Å². The van der Waals surface area contributed by atoms with Crippen LogP contribution >= 0.6 is 15.9 Å². The molecule has 0 aliphatic heterocycles. The maximum Gasteiger partial charge on any atom is 0.243 e. The number of rotatable bonds is 6. The first kappa shape index (κ1) is 20.8. The zero-order chi connectivity index (χ0) is 21.0. The number of carbonyl (C=O) groups is 2. The fourth-order valence-corrected chi connectivity index (χ4v) is 3.31. The molecular formula is C22H22BrN3O3. The van der Waals surface area contributed by atoms with Gasteiger partial charge in [0.05, 0.1) is 18.7 Å². The summed E-state index contributed by atoms with van der Waals surface area (Å²) in [4.78, 5) is 30.7. The van der Waals surface area contributed by atoms with Gasteiger partial charge in [-0.25, -0.2) is 4.98 Å². The van der Waals surface area contributed by atoms with E-state index in [0.717, 1.165) is 21.3 Å². The molecule has 1 heterocycles. The monoisotopic (exact) mass is 455 g/mol. The first-order valence-corrected chi connectivity index (χ1v) is 9.94. The largest absolute Gasteiger partial charge is 0.441 e. The third-order valence-corrected chi connectivity index (χ3v) is 4.99. The van der Waals surface area contributed by atoms with Crippen molar-refractivity contribution in [2.75, 3.05) is 18.9 Å². The van der Waals surface area contributed by atoms with E-state index >= 15 is 0 Å². The number of aryl methyl sites for hydroxylation is 2. The smallest absolute Gasteiger partial charge is 0.243 e. The first-order chi connectivity index (χ1) is 13.8. The first-order valence-electron chi connectivity index (χ1n) is 9.15. The molecule has 0 unspecified atom stereocenters. The molecule has 0 spiro atoms. The van der Waals surface area contributed by atoms with Gasteiger partial charge in [-0.05, 0) is 49.7 Å². The number of likely N-dealkylation sites (N-methyl/N-ethyl adjacent to an activating group) is 1. The van der Waals surface area contributed by atoms with Crippen molar-refractivity contribution in [2.24, 2.45) is 0 Å². The van der Waals surface area contributed by atoms with Crippen LogP contribution in [0.3, 0.4) is 0 Å². The SMILES string of the molecule is Cc1cc(Br)ccc1NC(=O)CN(C)C(=O)Cc1nc(-c2ccccc2)oc1C. The molecule has 2 amide bonds. The van der Waals surface area contributed by atoms with Crippen LogP contribution in [0.2, 0.25) is 0 Å². The Morgan fingerprint density at radius 3 is 2.55 bits per heavy atom. The summed E-state index contributed by atoms with van der Waals surface area (Å²) in [6, 6.07) is 15.1. The summed E-state index contributed by atoms with van der Waals surface area (Å²) in [5, 5.41) is 2.84. The Kier molecular flexibility index (Phi) is 6.49. The van der Waals surface area contributed by atoms with Crippen molar-refractivity contribution in [1.29, 1.82) is 0 Å². The van der Waals surface area contributed by atoms with E-state index in [0.29, 0.717) is 17.3 Å². The highest BCUT2D eigenvalue weighted by atomic mass is 79.9. The molecular weight excluding hydrogens is 434 g/mol. The molecule has 7 heteroatoms. The molecule has 1 N–H and O–H groups in total. The molecule has 1 aromatic heterocycles. The number of hydrogen-bond acceptors (Lipinski definition) is 4. The number of benzene rings is 2. The van der Waals surface area contributed by atoms with E-state index in [1.807, 2.05) is 55.5 Å². The molecule has 0 aliphatic carbocycles. The number of amides is 2. The third kappa shape index (κ3) is 5.32. The lowest BCUT2D eigenvalue weighted by Crippen LogP contribution is -2.36. The van der Waals surface area contributed by atoms with Crippen LogP contribution in [0.5, 0.6) is 0 Å². The van der Waals surface area contributed by atoms with E-state index in [2.05, 4.69) is 26.2 Å². The van der Waals surface area contributed by atoms with Gasteiger partial charge >= 0.3 is 0 Å². The van der Waals surface area contributed by atoms with E-state index in [-0.39, 0.29) is 24.8 Å². The Balaban J connectivity index is 1.60. The Morgan fingerprint density at radius 2 is 1.86 bits per heavy atom. The lowest BCUT2D eigenvalue weighted by atomic mass is 10.2. The quantitative estimate of drug-likeness (QED) is 0.598. The Bertz CT molecular complexity index is 1030. The van der Waals surface area contributed by atoms with Gasteiger partial charge in [-0.1, -0.05) is 34.1 Å². The predicted molar refractivity (Wildman–Crippen MR) is 116 cm³/mol. The Morgan fingerprint density at radius 1 is 1.14 bits per heavy atom. The number of hydrogen-bond donors (Lipinski definition) is 1. The molecule has 0 bridgehead atoms. The summed E-state index contributed by atoms with van der Waals surface area (Å²) in [5.41, 5.74) is 3.09. The average Bonchev–Trinajstić information content (AvgIpc) is 3.05. The van der Waals surface area contributed by atoms with E-state index in [1.165, 1.54) is 4.90 Å². The molecule has 0 saturated heterocycles. The lowest BCUT2D eigenvalue weighted by molar-refractivity contribution is -0.132. The fourth-order valence-electron chi connectivity index (χ4n) is 2.84. The minimum absolute atomic E-state index is 0.0449. The van der Waals surface area contributed by atoms with Crippen LogP contribution in [0.25, 0.3) is 11.5 Å². The maximum absolute atomic E-state index is 12.6. The summed E-state index contributed by atoms with van der Waals surface area (Å²) in [7, 11) is 1.60. The second-order valence-corrected chi connectivity index (χ2v) is 7.74. The van der Waals surface area contributed by atoms with Crippen LogP contribution in [0.1, 0.15) is 17.0 Å². The van der Waals surface area contributed by atoms with E-state index < -0.39 is 0 Å². The highest BCUT2D eigenvalue weighted by Gasteiger charge is 2.19. The second kappa shape index (κ2) is 9.05. The highest BCUT2D eigenvalue weighted by Crippen LogP contribution is 2.22. The van der Waals surface area contributed by atoms with Crippen molar-refractivity contribution in [1.82, 2.24) is 9.88 Å². The molecule has 3 rings (SSSR count). The minimum atomic E-state index is -0.256. The number of oxazole rings is 1. The average molecular weight is 456 g/mol. The van der Waals surface area contributed by atoms with Crippen LogP contribution in [-0.2, 0) is 16.0 Å². The summed E-state index contributed by atoms with van der Waals surface area (Å²) in [5.74, 6) is 0.620. The van der Waals surface area contributed by atoms with Crippen molar-refractivity contribution in [3.63, 3.8) is 0 Å². The van der Waals surface area contributed by atoms with E-state index in [4.69, 9.17) is 4.42 Å². The lowest BCUT2D eigenvalue weighted by Gasteiger charge is -2.17. The Labute approximate surface area is 178 Å². The maximum atomic E-state index is 12.6. The van der Waals surface area contributed by atoms with Gasteiger partial charge in [-0.15, -0.1) is 0 Å². The molecule has 150 valence electrons. The Hall–Kier alpha value is -2.93. The highest BCUT2D eigenvalue weighted by molar-refractivity contribution is 9.10. The van der Waals surface area contributed by atoms with Gasteiger partial charge in [-0.3, -0.25) is 9.59 Å². The number of aromatic nitrogens is 1. The van der Waals surface area contributed by atoms with Gasteiger partial charge in [0.1, 0.15) is 5.76 Å². The van der Waals surface area contributed by atoms with Gasteiger partial charge in [0.15, 0.2) is 0 Å². The normalized spacial score (nSPS) is 10.6. The zero-order valence-electron chi connectivity index (χ0n) is 16.5. The second-order valence-electron chi connectivity index (χ2n) is 6.82. The van der Waals surface area contributed by atoms with Crippen molar-refractivity contribution in [3.8, 4) is 11.5 Å². The third-order valence-electron chi connectivity index (χ3n) is 4.50. The fraction of sp³-hybridized carbons (Fsp3) is 0.227. The topological polar surface area (TPSA) is 75.4 Å². The van der Waals surface area contributed by atoms with Crippen molar-refractivity contribution < 1.29 is 14.0 Å². The van der Waals surface area contributed by atoms with Gasteiger partial charge in [0.25, 0.3) is 0 Å².